The average Bonchev–Trinajstić information content (AvgIpc) is 1.01. The van der Waals surface area contributed by atoms with E-state index in [1.807, 2.05) is 209 Å². The Balaban J connectivity index is 1.14. The summed E-state index contributed by atoms with van der Waals surface area (Å²) in [5.41, 5.74) is 8.29. The van der Waals surface area contributed by atoms with Crippen LogP contribution < -0.4 is 0 Å². The molecule has 18 rings (SSSR count). The lowest BCUT2D eigenvalue weighted by atomic mass is 9.92. The molecular weight excluding hydrogens is 1150 g/mol. The molecule has 0 aliphatic heterocycles. The number of rotatable bonds is 9. The van der Waals surface area contributed by atoms with Crippen molar-refractivity contribution in [2.45, 2.75) is 6.18 Å². The summed E-state index contributed by atoms with van der Waals surface area (Å²) in [6, 6.07) is 71.8. The molecule has 0 spiro atoms. The molecule has 12 nitrogen and oxygen atoms in total. The highest BCUT2D eigenvalue weighted by Gasteiger charge is 2.45. The van der Waals surface area contributed by atoms with Crippen LogP contribution >= 0.6 is 0 Å². The summed E-state index contributed by atoms with van der Waals surface area (Å²) in [4.78, 5) is 37.5. The molecular formula is C77H45F3N12. The highest BCUT2D eigenvalue weighted by molar-refractivity contribution is 6.18. The second-order valence-corrected chi connectivity index (χ2v) is 22.6. The number of aromatic nitrogens is 12. The summed E-state index contributed by atoms with van der Waals surface area (Å²) in [6.07, 6.45) is 8.47. The Labute approximate surface area is 521 Å². The number of hydrogen-bond acceptors (Lipinski definition) is 8. The maximum absolute atomic E-state index is 19.0. The molecule has 0 bridgehead atoms. The van der Waals surface area contributed by atoms with Crippen molar-refractivity contribution in [1.82, 2.24) is 58.1 Å². The van der Waals surface area contributed by atoms with Crippen molar-refractivity contribution in [3.8, 4) is 79.4 Å². The zero-order chi connectivity index (χ0) is 61.2. The molecule has 92 heavy (non-hydrogen) atoms. The second kappa shape index (κ2) is 20.5. The molecule has 0 unspecified atom stereocenters. The number of halogens is 3. The third-order valence-corrected chi connectivity index (χ3v) is 17.6. The molecule has 0 saturated carbocycles. The van der Waals surface area contributed by atoms with Crippen LogP contribution in [-0.2, 0) is 6.18 Å². The lowest BCUT2D eigenvalue weighted by molar-refractivity contribution is -0.137. The van der Waals surface area contributed by atoms with Gasteiger partial charge in [-0.15, -0.1) is 0 Å². The van der Waals surface area contributed by atoms with Crippen LogP contribution in [0.3, 0.4) is 0 Å². The van der Waals surface area contributed by atoms with Crippen molar-refractivity contribution in [2.24, 2.45) is 0 Å². The largest absolute Gasteiger partial charge is 0.420 e. The maximum atomic E-state index is 19.0. The molecule has 0 N–H and O–H groups in total. The molecule has 8 heterocycles. The maximum Gasteiger partial charge on any atom is 0.420 e. The molecule has 0 saturated heterocycles. The van der Waals surface area contributed by atoms with Crippen LogP contribution in [0, 0.1) is 0 Å². The summed E-state index contributed by atoms with van der Waals surface area (Å²) in [7, 11) is 0. The Morgan fingerprint density at radius 1 is 0.228 bits per heavy atom. The Morgan fingerprint density at radius 2 is 0.478 bits per heavy atom. The molecule has 0 radical (unpaired) electrons. The number of fused-ring (bicyclic) bond motifs is 12. The lowest BCUT2D eigenvalue weighted by Gasteiger charge is -2.31. The van der Waals surface area contributed by atoms with Crippen molar-refractivity contribution in [2.75, 3.05) is 0 Å². The first kappa shape index (κ1) is 52.6. The van der Waals surface area contributed by atoms with E-state index < -0.39 is 11.7 Å². The molecule has 0 aliphatic carbocycles. The quantitative estimate of drug-likeness (QED) is 0.140. The first-order valence-corrected chi connectivity index (χ1v) is 29.9. The normalized spacial score (nSPS) is 12.1. The predicted molar refractivity (Wildman–Crippen MR) is 358 cm³/mol. The van der Waals surface area contributed by atoms with E-state index in [4.69, 9.17) is 39.9 Å². The SMILES string of the molecule is FC(F)(F)c1c(-n2c3ccccc3c3ccccc32)c(-n2c3ccc(-c4ncccn4)cc3c3cc(-c4ncccn4)ccc32)c(-c2ccccc2)c(-n2c3ccc(-c4ncccn4)cc3c3cc(-c4ncccn4)ccc32)c1-n1c2ccccc2c2ccccc21. The monoisotopic (exact) mass is 1190 g/mol. The number of benzene rings is 10. The van der Waals surface area contributed by atoms with E-state index in [0.29, 0.717) is 101 Å². The summed E-state index contributed by atoms with van der Waals surface area (Å²) in [5.74, 6) is 1.95. The van der Waals surface area contributed by atoms with E-state index >= 15 is 13.2 Å². The fourth-order valence-electron chi connectivity index (χ4n) is 13.9. The first-order valence-electron chi connectivity index (χ1n) is 29.9. The molecule has 0 fully saturated rings. The molecule has 0 aliphatic rings. The van der Waals surface area contributed by atoms with E-state index in [0.717, 1.165) is 43.1 Å². The van der Waals surface area contributed by atoms with Crippen molar-refractivity contribution >= 4 is 87.2 Å². The Hall–Kier alpha value is -12.5. The summed E-state index contributed by atoms with van der Waals surface area (Å²) in [6.45, 7) is 0. The van der Waals surface area contributed by atoms with Gasteiger partial charge in [-0.05, 0) is 127 Å². The van der Waals surface area contributed by atoms with Gasteiger partial charge in [0.25, 0.3) is 0 Å². The van der Waals surface area contributed by atoms with Crippen LogP contribution in [0.2, 0.25) is 0 Å². The molecule has 0 amide bonds. The third kappa shape index (κ3) is 8.04. The second-order valence-electron chi connectivity index (χ2n) is 22.6. The van der Waals surface area contributed by atoms with Gasteiger partial charge >= 0.3 is 6.18 Å². The van der Waals surface area contributed by atoms with Crippen LogP contribution in [-0.4, -0.2) is 58.1 Å². The zero-order valence-corrected chi connectivity index (χ0v) is 48.5. The van der Waals surface area contributed by atoms with Gasteiger partial charge in [0, 0.05) is 120 Å². The molecule has 0 atom stereocenters. The van der Waals surface area contributed by atoms with Crippen molar-refractivity contribution < 1.29 is 13.2 Å². The van der Waals surface area contributed by atoms with Crippen molar-refractivity contribution in [1.29, 1.82) is 0 Å². The molecule has 434 valence electrons. The highest BCUT2D eigenvalue weighted by atomic mass is 19.4. The van der Waals surface area contributed by atoms with Gasteiger partial charge in [-0.3, -0.25) is 0 Å². The van der Waals surface area contributed by atoms with Crippen LogP contribution in [0.1, 0.15) is 5.56 Å². The number of para-hydroxylation sites is 4. The fraction of sp³-hybridized carbons (Fsp3) is 0.0130. The van der Waals surface area contributed by atoms with Gasteiger partial charge < -0.3 is 18.3 Å². The molecule has 10 aromatic carbocycles. The van der Waals surface area contributed by atoms with E-state index in [1.54, 1.807) is 73.8 Å². The third-order valence-electron chi connectivity index (χ3n) is 17.6. The van der Waals surface area contributed by atoms with Gasteiger partial charge in [0.2, 0.25) is 0 Å². The van der Waals surface area contributed by atoms with E-state index in [1.165, 1.54) is 0 Å². The van der Waals surface area contributed by atoms with Gasteiger partial charge in [0.05, 0.1) is 66.9 Å². The van der Waals surface area contributed by atoms with Gasteiger partial charge in [-0.2, -0.15) is 13.2 Å². The zero-order valence-electron chi connectivity index (χ0n) is 48.5. The van der Waals surface area contributed by atoms with Gasteiger partial charge in [-0.25, -0.2) is 39.9 Å². The number of hydrogen-bond donors (Lipinski definition) is 0. The summed E-state index contributed by atoms with van der Waals surface area (Å²) >= 11 is 0. The predicted octanol–water partition coefficient (Wildman–Crippen LogP) is 18.6. The van der Waals surface area contributed by atoms with Gasteiger partial charge in [-0.1, -0.05) is 103 Å². The fourth-order valence-corrected chi connectivity index (χ4v) is 13.9. The van der Waals surface area contributed by atoms with E-state index in [9.17, 15) is 0 Å². The average molecular weight is 1200 g/mol. The summed E-state index contributed by atoms with van der Waals surface area (Å²) < 4.78 is 64.8. The van der Waals surface area contributed by atoms with Crippen LogP contribution in [0.4, 0.5) is 13.2 Å². The van der Waals surface area contributed by atoms with E-state index in [-0.39, 0.29) is 22.7 Å². The topological polar surface area (TPSA) is 123 Å². The number of alkyl halides is 3. The Morgan fingerprint density at radius 3 is 0.761 bits per heavy atom. The lowest BCUT2D eigenvalue weighted by Crippen LogP contribution is -2.22. The van der Waals surface area contributed by atoms with Crippen molar-refractivity contribution in [3.63, 3.8) is 0 Å². The molecule has 15 heteroatoms. The summed E-state index contributed by atoms with van der Waals surface area (Å²) in [5, 5.41) is 6.08. The smallest absolute Gasteiger partial charge is 0.306 e. The first-order chi connectivity index (χ1) is 45.3. The van der Waals surface area contributed by atoms with E-state index in [2.05, 4.69) is 9.13 Å². The highest BCUT2D eigenvalue weighted by Crippen LogP contribution is 2.56. The standard InChI is InChI=1S/C77H45F3N12/c78-77(79,80)68-71(91-59-22-8-4-18-51(59)52-19-5-9-23-60(52)91)69(89-63-30-26-47(73-81-34-12-35-82-73)42-55(63)56-43-48(27-31-64(56)89)74-83-36-13-37-84-74)67(46-16-2-1-3-17-46)70(72(68)92-61-24-10-6-20-53(61)54-21-7-11-25-62(54)92)90-65-32-28-49(75-85-38-14-39-86-75)44-57(65)58-45-50(29-33-66(58)90)76-87-40-15-41-88-76/h1-45H. The molecule has 8 aromatic heterocycles. The van der Waals surface area contributed by atoms with Gasteiger partial charge in [0.1, 0.15) is 5.56 Å². The Bertz CT molecular complexity index is 5340. The molecule has 18 aromatic rings. The van der Waals surface area contributed by atoms with Crippen molar-refractivity contribution in [3.05, 3.63) is 280 Å². The van der Waals surface area contributed by atoms with Gasteiger partial charge in [0.15, 0.2) is 23.3 Å². The number of nitrogens with zero attached hydrogens (tertiary/aromatic N) is 12. The minimum Gasteiger partial charge on any atom is -0.306 e. The minimum absolute atomic E-state index is 0.0908. The minimum atomic E-state index is -5.12. The Kier molecular flexibility index (Phi) is 11.8. The van der Waals surface area contributed by atoms with Crippen LogP contribution in [0.15, 0.2) is 274 Å². The van der Waals surface area contributed by atoms with Crippen LogP contribution in [0.25, 0.3) is 167 Å². The van der Waals surface area contributed by atoms with Crippen LogP contribution in [0.5, 0.6) is 0 Å².